The molecule has 0 saturated carbocycles. The largest absolute Gasteiger partial charge is 0.487 e. The number of benzene rings is 2. The van der Waals surface area contributed by atoms with Crippen LogP contribution in [0.25, 0.3) is 17.0 Å². The summed E-state index contributed by atoms with van der Waals surface area (Å²) in [6, 6.07) is 12.0. The molecule has 4 rings (SSSR count). The molecule has 0 spiro atoms. The maximum atomic E-state index is 13.0. The van der Waals surface area contributed by atoms with Gasteiger partial charge in [-0.1, -0.05) is 57.2 Å². The Morgan fingerprint density at radius 2 is 1.68 bits per heavy atom. The summed E-state index contributed by atoms with van der Waals surface area (Å²) >= 11 is 0. The summed E-state index contributed by atoms with van der Waals surface area (Å²) in [6.45, 7) is 8.41. The number of oxazole rings is 1. The highest BCUT2D eigenvalue weighted by Gasteiger charge is 2.30. The van der Waals surface area contributed by atoms with Gasteiger partial charge in [0.2, 0.25) is 5.89 Å². The number of rotatable bonds is 16. The van der Waals surface area contributed by atoms with Gasteiger partial charge in [-0.2, -0.15) is 13.2 Å². The summed E-state index contributed by atoms with van der Waals surface area (Å²) in [7, 11) is 0. The van der Waals surface area contributed by atoms with Crippen molar-refractivity contribution in [3.05, 3.63) is 98.2 Å². The monoisotopic (exact) mass is 699 g/mol. The third-order valence-corrected chi connectivity index (χ3v) is 7.80. The first-order valence-corrected chi connectivity index (χ1v) is 16.7. The molecule has 0 bridgehead atoms. The molecule has 0 amide bonds. The summed E-state index contributed by atoms with van der Waals surface area (Å²) in [6.07, 6.45) is 4.62. The fraction of sp³-hybridized carbons (Fsp3) is 0.459. The summed E-state index contributed by atoms with van der Waals surface area (Å²) in [5, 5.41) is 0. The summed E-state index contributed by atoms with van der Waals surface area (Å²) in [5.74, 6) is -0.467. The van der Waals surface area contributed by atoms with Crippen molar-refractivity contribution < 1.29 is 36.4 Å². The average Bonchev–Trinajstić information content (AvgIpc) is 3.55. The van der Waals surface area contributed by atoms with E-state index in [9.17, 15) is 27.6 Å². The van der Waals surface area contributed by atoms with Crippen LogP contribution in [0.2, 0.25) is 0 Å². The van der Waals surface area contributed by atoms with Crippen LogP contribution in [0.5, 0.6) is 5.75 Å². The molecule has 0 aliphatic carbocycles. The number of allylic oxidation sites excluding steroid dienone is 2. The molecule has 10 nitrogen and oxygen atoms in total. The first kappa shape index (κ1) is 38.0. The van der Waals surface area contributed by atoms with E-state index in [1.807, 2.05) is 24.3 Å². The standard InChI is InChI=1S/C37H44F3N3O7/c1-6-7-8-9-10-11-13-26(20-21-43-34(45)42(35(46)50-43)23-32(44)49-36(3,4)5)28-14-12-15-30(22-28)47-24-31-25(2)48-33(41-31)27-16-18-29(19-17-27)37(38,39)40/h12,14-20,22H,6-11,13,21,23-24H2,1-5H3/b26-20-. The van der Waals surface area contributed by atoms with Crippen molar-refractivity contribution in [2.75, 3.05) is 0 Å². The molecule has 0 aliphatic heterocycles. The van der Waals surface area contributed by atoms with Crippen LogP contribution in [-0.2, 0) is 35.4 Å². The van der Waals surface area contributed by atoms with E-state index < -0.39 is 41.3 Å². The van der Waals surface area contributed by atoms with E-state index in [1.54, 1.807) is 33.8 Å². The number of hydrogen-bond donors (Lipinski definition) is 0. The van der Waals surface area contributed by atoms with E-state index >= 15 is 0 Å². The van der Waals surface area contributed by atoms with Gasteiger partial charge in [0.1, 0.15) is 36.0 Å². The van der Waals surface area contributed by atoms with Gasteiger partial charge in [0, 0.05) is 5.56 Å². The molecule has 0 radical (unpaired) electrons. The van der Waals surface area contributed by atoms with E-state index in [0.717, 1.165) is 60.1 Å². The molecule has 270 valence electrons. The highest BCUT2D eigenvalue weighted by atomic mass is 19.4. The van der Waals surface area contributed by atoms with Crippen LogP contribution in [0.4, 0.5) is 13.2 Å². The number of halogens is 3. The molecule has 0 fully saturated rings. The molecule has 2 aromatic carbocycles. The van der Waals surface area contributed by atoms with E-state index in [0.29, 0.717) is 33.8 Å². The number of ether oxygens (including phenoxy) is 2. The lowest BCUT2D eigenvalue weighted by molar-refractivity contribution is -0.155. The minimum absolute atomic E-state index is 0.0312. The maximum Gasteiger partial charge on any atom is 0.443 e. The predicted octanol–water partition coefficient (Wildman–Crippen LogP) is 8.34. The SMILES string of the molecule is CCCCCCCC/C(=C/Cn1oc(=O)n(CC(=O)OC(C)(C)C)c1=O)c1cccc(OCc2nc(-c3ccc(C(F)(F)F)cc3)oc2C)c1. The Balaban J connectivity index is 1.50. The Morgan fingerprint density at radius 3 is 2.36 bits per heavy atom. The lowest BCUT2D eigenvalue weighted by Gasteiger charge is -2.18. The molecule has 0 unspecified atom stereocenters. The molecule has 2 aromatic heterocycles. The van der Waals surface area contributed by atoms with E-state index in [-0.39, 0.29) is 19.0 Å². The number of aromatic nitrogens is 3. The molecular formula is C37H44F3N3O7. The van der Waals surface area contributed by atoms with Gasteiger partial charge in [0.05, 0.1) is 12.1 Å². The van der Waals surface area contributed by atoms with Crippen molar-refractivity contribution in [2.24, 2.45) is 0 Å². The summed E-state index contributed by atoms with van der Waals surface area (Å²) < 4.78 is 62.8. The van der Waals surface area contributed by atoms with Crippen molar-refractivity contribution >= 4 is 11.5 Å². The smallest absolute Gasteiger partial charge is 0.443 e. The number of carbonyl (C=O) groups excluding carboxylic acids is 1. The molecule has 2 heterocycles. The van der Waals surface area contributed by atoms with Crippen LogP contribution in [0.15, 0.2) is 73.1 Å². The van der Waals surface area contributed by atoms with Crippen LogP contribution >= 0.6 is 0 Å². The van der Waals surface area contributed by atoms with Crippen molar-refractivity contribution in [2.45, 2.75) is 111 Å². The van der Waals surface area contributed by atoms with Crippen LogP contribution in [0, 0.1) is 6.92 Å². The Bertz CT molecular complexity index is 1870. The van der Waals surface area contributed by atoms with Gasteiger partial charge in [0.15, 0.2) is 0 Å². The number of alkyl halides is 3. The van der Waals surface area contributed by atoms with Gasteiger partial charge in [0.25, 0.3) is 0 Å². The summed E-state index contributed by atoms with van der Waals surface area (Å²) in [4.78, 5) is 42.1. The molecule has 13 heteroatoms. The van der Waals surface area contributed by atoms with Gasteiger partial charge < -0.3 is 18.4 Å². The number of hydrogen-bond acceptors (Lipinski definition) is 8. The van der Waals surface area contributed by atoms with Crippen molar-refractivity contribution in [3.8, 4) is 17.2 Å². The Morgan fingerprint density at radius 1 is 0.980 bits per heavy atom. The third-order valence-electron chi connectivity index (χ3n) is 7.80. The zero-order valence-corrected chi connectivity index (χ0v) is 29.1. The maximum absolute atomic E-state index is 13.0. The van der Waals surface area contributed by atoms with Gasteiger partial charge in [-0.15, -0.1) is 4.74 Å². The number of nitrogens with zero attached hydrogens (tertiary/aromatic N) is 3. The van der Waals surface area contributed by atoms with Crippen LogP contribution < -0.4 is 16.2 Å². The molecule has 4 aromatic rings. The molecule has 0 N–H and O–H groups in total. The van der Waals surface area contributed by atoms with Crippen molar-refractivity contribution in [1.29, 1.82) is 0 Å². The Labute approximate surface area is 288 Å². The van der Waals surface area contributed by atoms with Crippen molar-refractivity contribution in [3.63, 3.8) is 0 Å². The van der Waals surface area contributed by atoms with Crippen LogP contribution in [0.1, 0.15) is 95.2 Å². The second kappa shape index (κ2) is 16.7. The normalized spacial score (nSPS) is 12.4. The Kier molecular flexibility index (Phi) is 12.7. The number of carbonyl (C=O) groups is 1. The van der Waals surface area contributed by atoms with E-state index in [2.05, 4.69) is 11.9 Å². The van der Waals surface area contributed by atoms with Gasteiger partial charge in [-0.05, 0) is 88.1 Å². The molecule has 0 atom stereocenters. The highest BCUT2D eigenvalue weighted by Crippen LogP contribution is 2.32. The van der Waals surface area contributed by atoms with E-state index in [4.69, 9.17) is 18.4 Å². The first-order chi connectivity index (χ1) is 23.6. The molecular weight excluding hydrogens is 655 g/mol. The predicted molar refractivity (Wildman–Crippen MR) is 181 cm³/mol. The summed E-state index contributed by atoms with van der Waals surface area (Å²) in [5.41, 5.74) is 0.386. The van der Waals surface area contributed by atoms with Gasteiger partial charge in [-0.3, -0.25) is 4.79 Å². The van der Waals surface area contributed by atoms with Gasteiger partial charge >= 0.3 is 23.6 Å². The van der Waals surface area contributed by atoms with Crippen molar-refractivity contribution in [1.82, 2.24) is 14.3 Å². The minimum Gasteiger partial charge on any atom is -0.487 e. The highest BCUT2D eigenvalue weighted by molar-refractivity contribution is 5.69. The van der Waals surface area contributed by atoms with E-state index in [1.165, 1.54) is 18.6 Å². The fourth-order valence-electron chi connectivity index (χ4n) is 5.22. The second-order valence-electron chi connectivity index (χ2n) is 13.0. The number of esters is 1. The Hall–Kier alpha value is -4.81. The molecule has 0 saturated heterocycles. The van der Waals surface area contributed by atoms with Crippen LogP contribution in [0.3, 0.4) is 0 Å². The van der Waals surface area contributed by atoms with Crippen LogP contribution in [-0.4, -0.2) is 25.9 Å². The molecule has 0 aliphatic rings. The fourth-order valence-corrected chi connectivity index (χ4v) is 5.22. The second-order valence-corrected chi connectivity index (χ2v) is 13.0. The quantitative estimate of drug-likeness (QED) is 0.0846. The number of aryl methyl sites for hydroxylation is 1. The lowest BCUT2D eigenvalue weighted by atomic mass is 9.98. The lowest BCUT2D eigenvalue weighted by Crippen LogP contribution is -2.35. The number of unbranched alkanes of at least 4 members (excludes halogenated alkanes) is 5. The van der Waals surface area contributed by atoms with Gasteiger partial charge in [-0.25, -0.2) is 19.1 Å². The zero-order chi connectivity index (χ0) is 36.5. The topological polar surface area (TPSA) is 119 Å². The average molecular weight is 700 g/mol. The first-order valence-electron chi connectivity index (χ1n) is 16.7. The third kappa shape index (κ3) is 10.8. The molecule has 50 heavy (non-hydrogen) atoms. The zero-order valence-electron chi connectivity index (χ0n) is 29.1. The minimum atomic E-state index is -4.44.